The molecule has 0 saturated carbocycles. The van der Waals surface area contributed by atoms with E-state index in [-0.39, 0.29) is 11.4 Å². The van der Waals surface area contributed by atoms with E-state index in [2.05, 4.69) is 24.1 Å². The first kappa shape index (κ1) is 11.2. The van der Waals surface area contributed by atoms with Crippen molar-refractivity contribution >= 4 is 5.91 Å². The van der Waals surface area contributed by atoms with Gasteiger partial charge in [0.05, 0.1) is 5.56 Å². The van der Waals surface area contributed by atoms with Crippen LogP contribution in [0.25, 0.3) is 0 Å². The van der Waals surface area contributed by atoms with Gasteiger partial charge in [-0.3, -0.25) is 4.79 Å². The number of carbonyl (C=O) groups excluding carboxylic acids is 1. The summed E-state index contributed by atoms with van der Waals surface area (Å²) in [5.74, 6) is 0.133. The molecule has 2 N–H and O–H groups in total. The highest BCUT2D eigenvalue weighted by atomic mass is 16.2. The van der Waals surface area contributed by atoms with Crippen molar-refractivity contribution in [2.24, 2.45) is 0 Å². The molecular formula is C12H19N3O. The molecule has 1 fully saturated rings. The average molecular weight is 221 g/mol. The molecule has 0 atom stereocenters. The van der Waals surface area contributed by atoms with Crippen molar-refractivity contribution in [2.45, 2.75) is 26.3 Å². The predicted octanol–water partition coefficient (Wildman–Crippen LogP) is 1.15. The smallest absolute Gasteiger partial charge is 0.255 e. The molecular weight excluding hydrogens is 202 g/mol. The number of carbonyl (C=O) groups is 1. The van der Waals surface area contributed by atoms with Gasteiger partial charge in [0, 0.05) is 37.6 Å². The van der Waals surface area contributed by atoms with E-state index < -0.39 is 0 Å². The van der Waals surface area contributed by atoms with Crippen LogP contribution in [0.4, 0.5) is 0 Å². The standard InChI is InChI=1S/C12H19N3O/c1-9-6-13-7-10(9)11(16)15-5-4-14-12(2,3)8-15/h6-7,13-14H,4-5,8H2,1-3H3. The molecule has 16 heavy (non-hydrogen) atoms. The summed E-state index contributed by atoms with van der Waals surface area (Å²) in [6.45, 7) is 8.61. The van der Waals surface area contributed by atoms with Gasteiger partial charge in [0.1, 0.15) is 0 Å². The Hall–Kier alpha value is -1.29. The van der Waals surface area contributed by atoms with Crippen LogP contribution < -0.4 is 5.32 Å². The van der Waals surface area contributed by atoms with E-state index in [1.54, 1.807) is 6.20 Å². The van der Waals surface area contributed by atoms with Crippen molar-refractivity contribution in [3.63, 3.8) is 0 Å². The summed E-state index contributed by atoms with van der Waals surface area (Å²) in [6.07, 6.45) is 3.65. The first-order chi connectivity index (χ1) is 7.49. The zero-order valence-corrected chi connectivity index (χ0v) is 10.1. The number of aromatic amines is 1. The number of rotatable bonds is 1. The minimum Gasteiger partial charge on any atom is -0.367 e. The third-order valence-electron chi connectivity index (χ3n) is 3.04. The summed E-state index contributed by atoms with van der Waals surface area (Å²) in [5, 5.41) is 3.40. The largest absolute Gasteiger partial charge is 0.367 e. The van der Waals surface area contributed by atoms with Crippen LogP contribution in [0.5, 0.6) is 0 Å². The zero-order valence-electron chi connectivity index (χ0n) is 10.1. The minimum absolute atomic E-state index is 0.0120. The van der Waals surface area contributed by atoms with Gasteiger partial charge >= 0.3 is 0 Å². The van der Waals surface area contributed by atoms with Gasteiger partial charge in [-0.1, -0.05) is 0 Å². The van der Waals surface area contributed by atoms with Gasteiger partial charge in [0.25, 0.3) is 5.91 Å². The van der Waals surface area contributed by atoms with E-state index in [9.17, 15) is 4.79 Å². The molecule has 4 nitrogen and oxygen atoms in total. The third-order valence-corrected chi connectivity index (χ3v) is 3.04. The summed E-state index contributed by atoms with van der Waals surface area (Å²) >= 11 is 0. The number of aromatic nitrogens is 1. The molecule has 0 unspecified atom stereocenters. The Morgan fingerprint density at radius 1 is 1.44 bits per heavy atom. The Labute approximate surface area is 96.0 Å². The number of hydrogen-bond acceptors (Lipinski definition) is 2. The first-order valence-corrected chi connectivity index (χ1v) is 5.67. The molecule has 0 aliphatic carbocycles. The molecule has 2 rings (SSSR count). The summed E-state index contributed by atoms with van der Waals surface area (Å²) in [7, 11) is 0. The van der Waals surface area contributed by atoms with E-state index in [0.717, 1.165) is 30.8 Å². The minimum atomic E-state index is 0.0120. The van der Waals surface area contributed by atoms with Crippen LogP contribution in [-0.2, 0) is 0 Å². The Bertz CT molecular complexity index is 395. The molecule has 1 aromatic rings. The molecule has 1 saturated heterocycles. The molecule has 1 aliphatic heterocycles. The van der Waals surface area contributed by atoms with E-state index in [1.807, 2.05) is 18.0 Å². The lowest BCUT2D eigenvalue weighted by molar-refractivity contribution is 0.0651. The zero-order chi connectivity index (χ0) is 11.8. The maximum atomic E-state index is 12.2. The fourth-order valence-corrected chi connectivity index (χ4v) is 2.16. The Morgan fingerprint density at radius 2 is 2.19 bits per heavy atom. The predicted molar refractivity (Wildman–Crippen MR) is 63.5 cm³/mol. The van der Waals surface area contributed by atoms with Gasteiger partial charge in [-0.05, 0) is 26.3 Å². The van der Waals surface area contributed by atoms with Crippen LogP contribution in [0.1, 0.15) is 29.8 Å². The lowest BCUT2D eigenvalue weighted by Crippen LogP contribution is -2.58. The number of nitrogens with one attached hydrogen (secondary N) is 2. The van der Waals surface area contributed by atoms with E-state index in [1.165, 1.54) is 0 Å². The Kier molecular flexibility index (Phi) is 2.76. The van der Waals surface area contributed by atoms with Crippen LogP contribution in [0.3, 0.4) is 0 Å². The number of hydrogen-bond donors (Lipinski definition) is 2. The lowest BCUT2D eigenvalue weighted by Gasteiger charge is -2.39. The van der Waals surface area contributed by atoms with Crippen LogP contribution in [-0.4, -0.2) is 41.0 Å². The maximum Gasteiger partial charge on any atom is 0.255 e. The number of nitrogens with zero attached hydrogens (tertiary/aromatic N) is 1. The number of amides is 1. The van der Waals surface area contributed by atoms with Gasteiger partial charge in [0.15, 0.2) is 0 Å². The Morgan fingerprint density at radius 3 is 2.75 bits per heavy atom. The summed E-state index contributed by atoms with van der Waals surface area (Å²) in [4.78, 5) is 17.1. The van der Waals surface area contributed by atoms with Gasteiger partial charge in [-0.2, -0.15) is 0 Å². The van der Waals surface area contributed by atoms with Gasteiger partial charge in [-0.15, -0.1) is 0 Å². The third kappa shape index (κ3) is 2.11. The molecule has 1 aromatic heterocycles. The van der Waals surface area contributed by atoms with Crippen LogP contribution in [0.2, 0.25) is 0 Å². The normalized spacial score (nSPS) is 19.8. The molecule has 1 aliphatic rings. The number of H-pyrrole nitrogens is 1. The molecule has 4 heteroatoms. The fourth-order valence-electron chi connectivity index (χ4n) is 2.16. The number of piperazine rings is 1. The van der Waals surface area contributed by atoms with Crippen molar-refractivity contribution in [2.75, 3.05) is 19.6 Å². The highest BCUT2D eigenvalue weighted by molar-refractivity contribution is 5.95. The van der Waals surface area contributed by atoms with E-state index in [4.69, 9.17) is 0 Å². The van der Waals surface area contributed by atoms with Crippen molar-refractivity contribution in [3.05, 3.63) is 23.5 Å². The van der Waals surface area contributed by atoms with Gasteiger partial charge in [-0.25, -0.2) is 0 Å². The molecule has 1 amide bonds. The van der Waals surface area contributed by atoms with Gasteiger partial charge < -0.3 is 15.2 Å². The van der Waals surface area contributed by atoms with Crippen LogP contribution >= 0.6 is 0 Å². The van der Waals surface area contributed by atoms with E-state index >= 15 is 0 Å². The summed E-state index contributed by atoms with van der Waals surface area (Å²) < 4.78 is 0. The van der Waals surface area contributed by atoms with Crippen LogP contribution in [0, 0.1) is 6.92 Å². The van der Waals surface area contributed by atoms with Crippen molar-refractivity contribution in [1.82, 2.24) is 15.2 Å². The summed E-state index contributed by atoms with van der Waals surface area (Å²) in [6, 6.07) is 0. The Balaban J connectivity index is 2.14. The molecule has 88 valence electrons. The maximum absolute atomic E-state index is 12.2. The number of aryl methyl sites for hydroxylation is 1. The highest BCUT2D eigenvalue weighted by Gasteiger charge is 2.29. The molecule has 0 spiro atoms. The van der Waals surface area contributed by atoms with Crippen molar-refractivity contribution in [3.8, 4) is 0 Å². The SMILES string of the molecule is Cc1c[nH]cc1C(=O)N1CCNC(C)(C)C1. The monoisotopic (exact) mass is 221 g/mol. The van der Waals surface area contributed by atoms with Crippen molar-refractivity contribution < 1.29 is 4.79 Å². The molecule has 0 aromatic carbocycles. The molecule has 0 radical (unpaired) electrons. The quantitative estimate of drug-likeness (QED) is 0.747. The molecule has 2 heterocycles. The average Bonchev–Trinajstić information content (AvgIpc) is 2.62. The fraction of sp³-hybridized carbons (Fsp3) is 0.583. The second-order valence-corrected chi connectivity index (χ2v) is 5.09. The van der Waals surface area contributed by atoms with Crippen molar-refractivity contribution in [1.29, 1.82) is 0 Å². The summed E-state index contributed by atoms with van der Waals surface area (Å²) in [5.41, 5.74) is 1.82. The second kappa shape index (κ2) is 3.94. The highest BCUT2D eigenvalue weighted by Crippen LogP contribution is 2.15. The van der Waals surface area contributed by atoms with Gasteiger partial charge in [0.2, 0.25) is 0 Å². The van der Waals surface area contributed by atoms with Crippen LogP contribution in [0.15, 0.2) is 12.4 Å². The first-order valence-electron chi connectivity index (χ1n) is 5.67. The second-order valence-electron chi connectivity index (χ2n) is 5.09. The molecule has 0 bridgehead atoms. The van der Waals surface area contributed by atoms with E-state index in [0.29, 0.717) is 0 Å². The topological polar surface area (TPSA) is 48.1 Å². The lowest BCUT2D eigenvalue weighted by atomic mass is 10.0.